The average Bonchev–Trinajstić information content (AvgIpc) is 2.22. The first-order valence-corrected chi connectivity index (χ1v) is 9.78. The van der Waals surface area contributed by atoms with Gasteiger partial charge in [-0.2, -0.15) is 0 Å². The third kappa shape index (κ3) is 10.1. The van der Waals surface area contributed by atoms with Crippen LogP contribution < -0.4 is 0 Å². The van der Waals surface area contributed by atoms with Crippen molar-refractivity contribution in [3.63, 3.8) is 0 Å². The third-order valence-corrected chi connectivity index (χ3v) is 7.02. The molecule has 0 fully saturated rings. The van der Waals surface area contributed by atoms with Crippen LogP contribution in [0.4, 0.5) is 0 Å². The lowest BCUT2D eigenvalue weighted by Gasteiger charge is -2.08. The number of unbranched alkanes of at least 4 members (excludes halogenated alkanes) is 5. The highest BCUT2D eigenvalue weighted by molar-refractivity contribution is 9.11. The van der Waals surface area contributed by atoms with E-state index in [1.807, 2.05) is 0 Å². The van der Waals surface area contributed by atoms with E-state index in [2.05, 4.69) is 38.8 Å². The Bertz CT molecular complexity index is 253. The van der Waals surface area contributed by atoms with E-state index in [4.69, 9.17) is 0 Å². The van der Waals surface area contributed by atoms with E-state index in [0.29, 0.717) is 0 Å². The first-order valence-electron chi connectivity index (χ1n) is 5.92. The highest BCUT2D eigenvalue weighted by Gasteiger charge is 2.15. The average molecular weight is 378 g/mol. The zero-order valence-electron chi connectivity index (χ0n) is 9.92. The van der Waals surface area contributed by atoms with Crippen molar-refractivity contribution in [1.82, 2.24) is 0 Å². The van der Waals surface area contributed by atoms with Crippen molar-refractivity contribution in [2.45, 2.75) is 56.7 Å². The van der Waals surface area contributed by atoms with Crippen molar-refractivity contribution in [1.29, 1.82) is 0 Å². The molecule has 0 amide bonds. The molecule has 5 heteroatoms. The number of hydrogen-bond acceptors (Lipinski definition) is 2. The Morgan fingerprint density at radius 2 is 1.62 bits per heavy atom. The summed E-state index contributed by atoms with van der Waals surface area (Å²) in [7, 11) is -2.90. The van der Waals surface area contributed by atoms with Crippen LogP contribution in [-0.2, 0) is 9.84 Å². The van der Waals surface area contributed by atoms with Crippen LogP contribution in [0, 0.1) is 0 Å². The lowest BCUT2D eigenvalue weighted by Crippen LogP contribution is -2.16. The van der Waals surface area contributed by atoms with Crippen molar-refractivity contribution >= 4 is 41.7 Å². The van der Waals surface area contributed by atoms with Crippen LogP contribution in [0.1, 0.15) is 51.9 Å². The van der Waals surface area contributed by atoms with E-state index in [-0.39, 0.29) is 15.2 Å². The second kappa shape index (κ2) is 9.89. The largest absolute Gasteiger partial charge is 0.228 e. The molecular weight excluding hydrogens is 356 g/mol. The second-order valence-corrected chi connectivity index (χ2v) is 8.88. The summed E-state index contributed by atoms with van der Waals surface area (Å²) in [6.45, 7) is 2.21. The smallest absolute Gasteiger partial charge is 0.161 e. The van der Waals surface area contributed by atoms with E-state index < -0.39 is 9.84 Å². The minimum Gasteiger partial charge on any atom is -0.228 e. The van der Waals surface area contributed by atoms with Gasteiger partial charge in [0.15, 0.2) is 9.84 Å². The van der Waals surface area contributed by atoms with Gasteiger partial charge in [-0.25, -0.2) is 8.42 Å². The molecule has 16 heavy (non-hydrogen) atoms. The molecule has 0 saturated carbocycles. The molecule has 0 radical (unpaired) electrons. The van der Waals surface area contributed by atoms with E-state index in [1.54, 1.807) is 0 Å². The van der Waals surface area contributed by atoms with Gasteiger partial charge in [-0.05, 0) is 6.42 Å². The maximum atomic E-state index is 11.3. The summed E-state index contributed by atoms with van der Waals surface area (Å²) < 4.78 is 22.7. The van der Waals surface area contributed by atoms with Crippen LogP contribution >= 0.6 is 31.9 Å². The predicted octanol–water partition coefficient (Wildman–Crippen LogP) is 4.27. The second-order valence-electron chi connectivity index (χ2n) is 4.17. The molecule has 0 rings (SSSR count). The number of halogens is 2. The van der Waals surface area contributed by atoms with Crippen LogP contribution in [0.5, 0.6) is 0 Å². The Labute approximate surface area is 117 Å². The van der Waals surface area contributed by atoms with E-state index in [9.17, 15) is 8.42 Å². The first kappa shape index (κ1) is 16.9. The van der Waals surface area contributed by atoms with Gasteiger partial charge in [0.1, 0.15) is 4.66 Å². The minimum absolute atomic E-state index is 0.0681. The molecule has 0 aliphatic rings. The molecule has 0 bridgehead atoms. The van der Waals surface area contributed by atoms with Gasteiger partial charge in [0.05, 0.1) is 5.75 Å². The molecular formula is C11H22Br2O2S. The Morgan fingerprint density at radius 3 is 2.19 bits per heavy atom. The van der Waals surface area contributed by atoms with E-state index in [0.717, 1.165) is 12.8 Å². The fourth-order valence-electron chi connectivity index (χ4n) is 1.55. The quantitative estimate of drug-likeness (QED) is 0.420. The number of alkyl halides is 2. The summed E-state index contributed by atoms with van der Waals surface area (Å²) in [5.41, 5.74) is 0. The van der Waals surface area contributed by atoms with E-state index in [1.165, 1.54) is 32.1 Å². The molecule has 0 aliphatic carbocycles. The molecule has 98 valence electrons. The van der Waals surface area contributed by atoms with Gasteiger partial charge in [-0.1, -0.05) is 77.3 Å². The van der Waals surface area contributed by atoms with Crippen molar-refractivity contribution in [2.24, 2.45) is 0 Å². The van der Waals surface area contributed by atoms with E-state index >= 15 is 0 Å². The highest BCUT2D eigenvalue weighted by Crippen LogP contribution is 2.15. The van der Waals surface area contributed by atoms with Gasteiger partial charge in [-0.15, -0.1) is 0 Å². The summed E-state index contributed by atoms with van der Waals surface area (Å²) in [5, 5.41) is 0. The first-order chi connectivity index (χ1) is 7.52. The Kier molecular flexibility index (Phi) is 10.5. The minimum atomic E-state index is -2.90. The number of hydrogen-bond donors (Lipinski definition) is 0. The van der Waals surface area contributed by atoms with Crippen LogP contribution in [0.15, 0.2) is 0 Å². The molecule has 0 aromatic carbocycles. The summed E-state index contributed by atoms with van der Waals surface area (Å²) >= 11 is 6.44. The molecule has 0 saturated heterocycles. The summed E-state index contributed by atoms with van der Waals surface area (Å²) in [6, 6.07) is 0. The van der Waals surface area contributed by atoms with Gasteiger partial charge in [0.2, 0.25) is 0 Å². The van der Waals surface area contributed by atoms with Crippen LogP contribution in [0.3, 0.4) is 0 Å². The van der Waals surface area contributed by atoms with Crippen molar-refractivity contribution < 1.29 is 8.42 Å². The maximum Gasteiger partial charge on any atom is 0.161 e. The van der Waals surface area contributed by atoms with Gasteiger partial charge in [0, 0.05) is 4.83 Å². The fraction of sp³-hybridized carbons (Fsp3) is 1.00. The third-order valence-electron chi connectivity index (χ3n) is 2.47. The summed E-state index contributed by atoms with van der Waals surface area (Å²) in [5.74, 6) is 0.243. The highest BCUT2D eigenvalue weighted by atomic mass is 79.9. The normalized spacial score (nSPS) is 13.9. The summed E-state index contributed by atoms with van der Waals surface area (Å²) in [6.07, 6.45) is 8.47. The zero-order chi connectivity index (χ0) is 12.4. The molecule has 0 heterocycles. The van der Waals surface area contributed by atoms with Crippen molar-refractivity contribution in [3.05, 3.63) is 0 Å². The predicted molar refractivity (Wildman–Crippen MR) is 78.3 cm³/mol. The SMILES string of the molecule is CCCCCCCCC(Br)CS(=O)(=O)CBr. The molecule has 0 spiro atoms. The van der Waals surface area contributed by atoms with Gasteiger partial charge < -0.3 is 0 Å². The lowest BCUT2D eigenvalue weighted by atomic mass is 10.1. The molecule has 2 nitrogen and oxygen atoms in total. The maximum absolute atomic E-state index is 11.3. The molecule has 0 aromatic heterocycles. The Balaban J connectivity index is 3.48. The van der Waals surface area contributed by atoms with Gasteiger partial charge in [0.25, 0.3) is 0 Å². The number of sulfone groups is 1. The fourth-order valence-corrected chi connectivity index (χ4v) is 4.45. The van der Waals surface area contributed by atoms with Crippen LogP contribution in [-0.4, -0.2) is 23.7 Å². The van der Waals surface area contributed by atoms with Gasteiger partial charge in [-0.3, -0.25) is 0 Å². The van der Waals surface area contributed by atoms with Crippen LogP contribution in [0.2, 0.25) is 0 Å². The monoisotopic (exact) mass is 376 g/mol. The molecule has 1 unspecified atom stereocenters. The van der Waals surface area contributed by atoms with Gasteiger partial charge >= 0.3 is 0 Å². The standard InChI is InChI=1S/C11H22Br2O2S/c1-2-3-4-5-6-7-8-11(13)9-16(14,15)10-12/h11H,2-10H2,1H3. The Hall–Kier alpha value is 0.910. The van der Waals surface area contributed by atoms with Crippen LogP contribution in [0.25, 0.3) is 0 Å². The zero-order valence-corrected chi connectivity index (χ0v) is 13.9. The van der Waals surface area contributed by atoms with Crippen molar-refractivity contribution in [3.8, 4) is 0 Å². The number of rotatable bonds is 10. The molecule has 0 aromatic rings. The lowest BCUT2D eigenvalue weighted by molar-refractivity contribution is 0.580. The molecule has 0 aliphatic heterocycles. The topological polar surface area (TPSA) is 34.1 Å². The Morgan fingerprint density at radius 1 is 1.06 bits per heavy atom. The van der Waals surface area contributed by atoms with Crippen molar-refractivity contribution in [2.75, 3.05) is 10.4 Å². The molecule has 0 N–H and O–H groups in total. The summed E-state index contributed by atoms with van der Waals surface area (Å²) in [4.78, 5) is 0.112. The molecule has 1 atom stereocenters.